The predicted molar refractivity (Wildman–Crippen MR) is 90.5 cm³/mol. The average Bonchev–Trinajstić information content (AvgIpc) is 2.92. The van der Waals surface area contributed by atoms with Crippen LogP contribution in [-0.4, -0.2) is 28.0 Å². The quantitative estimate of drug-likeness (QED) is 0.508. The maximum atomic E-state index is 5.43. The lowest BCUT2D eigenvalue weighted by molar-refractivity contribution is 0.812. The Morgan fingerprint density at radius 2 is 1.90 bits per heavy atom. The molecule has 9 heteroatoms. The molecule has 0 radical (unpaired) electrons. The summed E-state index contributed by atoms with van der Waals surface area (Å²) in [7, 11) is 0. The highest BCUT2D eigenvalue weighted by Crippen LogP contribution is 2.22. The number of hydrazine groups is 1. The molecule has 0 saturated carbocycles. The molecule has 2 heterocycles. The minimum absolute atomic E-state index is 0.349. The van der Waals surface area contributed by atoms with Crippen LogP contribution < -0.4 is 21.5 Å². The molecule has 0 spiro atoms. The highest BCUT2D eigenvalue weighted by Gasteiger charge is 2.10. The van der Waals surface area contributed by atoms with Crippen LogP contribution in [0, 0.1) is 0 Å². The van der Waals surface area contributed by atoms with Crippen LogP contribution in [0.5, 0.6) is 0 Å². The summed E-state index contributed by atoms with van der Waals surface area (Å²) in [6.45, 7) is 6.41. The molecule has 0 fully saturated rings. The van der Waals surface area contributed by atoms with E-state index in [9.17, 15) is 0 Å². The summed E-state index contributed by atoms with van der Waals surface area (Å²) >= 11 is 5.12. The van der Waals surface area contributed by atoms with Gasteiger partial charge in [0.15, 0.2) is 0 Å². The zero-order valence-corrected chi connectivity index (χ0v) is 14.3. The zero-order valence-electron chi connectivity index (χ0n) is 11.9. The van der Waals surface area contributed by atoms with Gasteiger partial charge < -0.3 is 10.2 Å². The highest BCUT2D eigenvalue weighted by atomic mass is 79.9. The Bertz CT molecular complexity index is 585. The van der Waals surface area contributed by atoms with Crippen molar-refractivity contribution in [2.24, 2.45) is 5.84 Å². The Labute approximate surface area is 136 Å². The zero-order chi connectivity index (χ0) is 15.2. The summed E-state index contributed by atoms with van der Waals surface area (Å²) in [5, 5.41) is 3.20. The van der Waals surface area contributed by atoms with Gasteiger partial charge in [0.1, 0.15) is 0 Å². The number of nitrogens with one attached hydrogen (secondary N) is 2. The van der Waals surface area contributed by atoms with Gasteiger partial charge in [-0.3, -0.25) is 5.43 Å². The first-order valence-electron chi connectivity index (χ1n) is 6.62. The average molecular weight is 372 g/mol. The normalized spacial score (nSPS) is 10.5. The van der Waals surface area contributed by atoms with Crippen molar-refractivity contribution in [3.63, 3.8) is 0 Å². The molecule has 0 saturated heterocycles. The van der Waals surface area contributed by atoms with Crippen LogP contribution >= 0.6 is 27.3 Å². The van der Waals surface area contributed by atoms with Crippen molar-refractivity contribution in [3.8, 4) is 0 Å². The standard InChI is InChI=1S/C12H18BrN7S/c1-3-20(4-2)12-17-10(16-11(18-12)19-14)15-7-8-5-6-9(13)21-8/h5-6H,3-4,7,14H2,1-2H3,(H2,15,16,17,18,19). The summed E-state index contributed by atoms with van der Waals surface area (Å²) in [4.78, 5) is 16.2. The largest absolute Gasteiger partial charge is 0.349 e. The summed E-state index contributed by atoms with van der Waals surface area (Å²) in [6.07, 6.45) is 0. The fourth-order valence-corrected chi connectivity index (χ4v) is 3.19. The number of nitrogens with two attached hydrogens (primary N) is 1. The Morgan fingerprint density at radius 1 is 1.19 bits per heavy atom. The number of hydrogen-bond acceptors (Lipinski definition) is 8. The van der Waals surface area contributed by atoms with E-state index < -0.39 is 0 Å². The lowest BCUT2D eigenvalue weighted by Gasteiger charge is -2.19. The molecule has 4 N–H and O–H groups in total. The molecule has 2 aromatic rings. The summed E-state index contributed by atoms with van der Waals surface area (Å²) in [5.74, 6) is 6.89. The first-order chi connectivity index (χ1) is 10.2. The summed E-state index contributed by atoms with van der Waals surface area (Å²) < 4.78 is 1.10. The van der Waals surface area contributed by atoms with Crippen molar-refractivity contribution < 1.29 is 0 Å². The molecule has 21 heavy (non-hydrogen) atoms. The van der Waals surface area contributed by atoms with E-state index in [-0.39, 0.29) is 0 Å². The number of anilines is 3. The number of nitrogens with zero attached hydrogens (tertiary/aromatic N) is 4. The van der Waals surface area contributed by atoms with E-state index in [1.54, 1.807) is 11.3 Å². The van der Waals surface area contributed by atoms with Gasteiger partial charge in [-0.15, -0.1) is 11.3 Å². The van der Waals surface area contributed by atoms with Crippen LogP contribution in [0.2, 0.25) is 0 Å². The van der Waals surface area contributed by atoms with E-state index in [0.29, 0.717) is 24.4 Å². The molecule has 0 aliphatic rings. The lowest BCUT2D eigenvalue weighted by Crippen LogP contribution is -2.26. The predicted octanol–water partition coefficient (Wildman–Crippen LogP) is 2.44. The third-order valence-electron chi connectivity index (χ3n) is 2.85. The topological polar surface area (TPSA) is 92.0 Å². The van der Waals surface area contributed by atoms with Gasteiger partial charge in [-0.05, 0) is 41.9 Å². The molecule has 0 amide bonds. The maximum Gasteiger partial charge on any atom is 0.243 e. The van der Waals surface area contributed by atoms with Crippen molar-refractivity contribution in [3.05, 3.63) is 20.8 Å². The number of rotatable bonds is 7. The van der Waals surface area contributed by atoms with Crippen molar-refractivity contribution in [1.29, 1.82) is 0 Å². The molecule has 0 atom stereocenters. The van der Waals surface area contributed by atoms with E-state index in [2.05, 4.69) is 61.5 Å². The number of aromatic nitrogens is 3. The molecule has 114 valence electrons. The van der Waals surface area contributed by atoms with Gasteiger partial charge in [0, 0.05) is 18.0 Å². The molecule has 0 bridgehead atoms. The second kappa shape index (κ2) is 7.53. The smallest absolute Gasteiger partial charge is 0.243 e. The molecule has 0 aromatic carbocycles. The van der Waals surface area contributed by atoms with Crippen LogP contribution in [0.4, 0.5) is 17.8 Å². The highest BCUT2D eigenvalue weighted by molar-refractivity contribution is 9.11. The van der Waals surface area contributed by atoms with Gasteiger partial charge in [-0.2, -0.15) is 15.0 Å². The fourth-order valence-electron chi connectivity index (χ4n) is 1.77. The Kier molecular flexibility index (Phi) is 5.71. The summed E-state index contributed by atoms with van der Waals surface area (Å²) in [6, 6.07) is 4.07. The van der Waals surface area contributed by atoms with Gasteiger partial charge in [0.25, 0.3) is 0 Å². The van der Waals surface area contributed by atoms with E-state index in [1.807, 2.05) is 11.0 Å². The van der Waals surface area contributed by atoms with E-state index >= 15 is 0 Å². The Morgan fingerprint density at radius 3 is 2.48 bits per heavy atom. The van der Waals surface area contributed by atoms with Crippen molar-refractivity contribution in [2.45, 2.75) is 20.4 Å². The van der Waals surface area contributed by atoms with Gasteiger partial charge in [-0.1, -0.05) is 0 Å². The minimum Gasteiger partial charge on any atom is -0.349 e. The van der Waals surface area contributed by atoms with Crippen LogP contribution in [-0.2, 0) is 6.54 Å². The molecule has 2 aromatic heterocycles. The molecular formula is C12H18BrN7S. The van der Waals surface area contributed by atoms with Crippen molar-refractivity contribution in [2.75, 3.05) is 28.7 Å². The molecular weight excluding hydrogens is 354 g/mol. The Hall–Kier alpha value is -1.45. The van der Waals surface area contributed by atoms with Crippen LogP contribution in [0.25, 0.3) is 0 Å². The van der Waals surface area contributed by atoms with E-state index in [1.165, 1.54) is 4.88 Å². The lowest BCUT2D eigenvalue weighted by atomic mass is 10.5. The third kappa shape index (κ3) is 4.26. The summed E-state index contributed by atoms with van der Waals surface area (Å²) in [5.41, 5.74) is 2.48. The monoisotopic (exact) mass is 371 g/mol. The first kappa shape index (κ1) is 15.9. The maximum absolute atomic E-state index is 5.43. The SMILES string of the molecule is CCN(CC)c1nc(NN)nc(NCc2ccc(Br)s2)n1. The van der Waals surface area contributed by atoms with Crippen molar-refractivity contribution >= 4 is 45.1 Å². The number of hydrogen-bond donors (Lipinski definition) is 3. The molecule has 7 nitrogen and oxygen atoms in total. The minimum atomic E-state index is 0.349. The Balaban J connectivity index is 2.16. The van der Waals surface area contributed by atoms with Crippen molar-refractivity contribution in [1.82, 2.24) is 15.0 Å². The first-order valence-corrected chi connectivity index (χ1v) is 8.23. The second-order valence-electron chi connectivity index (χ2n) is 4.16. The molecule has 0 unspecified atom stereocenters. The number of nitrogen functional groups attached to an aromatic ring is 1. The fraction of sp³-hybridized carbons (Fsp3) is 0.417. The number of halogens is 1. The molecule has 2 rings (SSSR count). The molecule has 0 aliphatic carbocycles. The van der Waals surface area contributed by atoms with Crippen LogP contribution in [0.15, 0.2) is 15.9 Å². The van der Waals surface area contributed by atoms with Crippen LogP contribution in [0.1, 0.15) is 18.7 Å². The van der Waals surface area contributed by atoms with E-state index in [0.717, 1.165) is 16.9 Å². The third-order valence-corrected chi connectivity index (χ3v) is 4.47. The van der Waals surface area contributed by atoms with Gasteiger partial charge in [0.2, 0.25) is 17.8 Å². The number of thiophene rings is 1. The van der Waals surface area contributed by atoms with Gasteiger partial charge >= 0.3 is 0 Å². The van der Waals surface area contributed by atoms with E-state index in [4.69, 9.17) is 5.84 Å². The van der Waals surface area contributed by atoms with Crippen LogP contribution in [0.3, 0.4) is 0 Å². The van der Waals surface area contributed by atoms with Gasteiger partial charge in [-0.25, -0.2) is 5.84 Å². The second-order valence-corrected chi connectivity index (χ2v) is 6.71. The molecule has 0 aliphatic heterocycles. The van der Waals surface area contributed by atoms with Gasteiger partial charge in [0.05, 0.1) is 10.3 Å².